The van der Waals surface area contributed by atoms with E-state index in [1.165, 1.54) is 64.2 Å². The molecule has 0 aliphatic rings. The lowest BCUT2D eigenvalue weighted by atomic mass is 9.86. The minimum Gasteiger partial charge on any atom is -0.0654 e. The molecule has 98 valence electrons. The van der Waals surface area contributed by atoms with Crippen LogP contribution in [0.1, 0.15) is 91.9 Å². The van der Waals surface area contributed by atoms with Crippen LogP contribution in [0.25, 0.3) is 0 Å². The Morgan fingerprint density at radius 3 is 1.56 bits per heavy atom. The first kappa shape index (κ1) is 16.0. The molecule has 0 saturated heterocycles. The summed E-state index contributed by atoms with van der Waals surface area (Å²) < 4.78 is 0. The van der Waals surface area contributed by atoms with Gasteiger partial charge in [-0.25, -0.2) is 0 Å². The maximum atomic E-state index is 2.46. The van der Waals surface area contributed by atoms with Crippen molar-refractivity contribution in [2.75, 3.05) is 0 Å². The van der Waals surface area contributed by atoms with Crippen molar-refractivity contribution in [3.05, 3.63) is 0 Å². The molecule has 0 nitrogen and oxygen atoms in total. The first-order chi connectivity index (χ1) is 7.74. The first-order valence-electron chi connectivity index (χ1n) is 7.74. The Morgan fingerprint density at radius 1 is 0.688 bits per heavy atom. The highest BCUT2D eigenvalue weighted by Gasteiger charge is 2.12. The Bertz CT molecular complexity index is 120. The summed E-state index contributed by atoms with van der Waals surface area (Å²) in [6.45, 7) is 9.40. The van der Waals surface area contributed by atoms with Gasteiger partial charge in [-0.2, -0.15) is 0 Å². The molecule has 0 heterocycles. The molecule has 0 saturated carbocycles. The first-order valence-corrected chi connectivity index (χ1v) is 7.74. The van der Waals surface area contributed by atoms with Gasteiger partial charge >= 0.3 is 0 Å². The van der Waals surface area contributed by atoms with E-state index in [-0.39, 0.29) is 0 Å². The molecule has 1 atom stereocenters. The summed E-state index contributed by atoms with van der Waals surface area (Å²) in [5, 5.41) is 0. The summed E-state index contributed by atoms with van der Waals surface area (Å²) in [5.74, 6) is 1.98. The van der Waals surface area contributed by atoms with Crippen LogP contribution in [0.3, 0.4) is 0 Å². The van der Waals surface area contributed by atoms with E-state index in [2.05, 4.69) is 27.7 Å². The fourth-order valence-corrected chi connectivity index (χ4v) is 2.61. The van der Waals surface area contributed by atoms with Crippen molar-refractivity contribution >= 4 is 0 Å². The highest BCUT2D eigenvalue weighted by Crippen LogP contribution is 2.26. The zero-order valence-electron chi connectivity index (χ0n) is 12.2. The maximum Gasteiger partial charge on any atom is -0.0412 e. The predicted octanol–water partition coefficient (Wildman–Crippen LogP) is 6.20. The van der Waals surface area contributed by atoms with Crippen LogP contribution in [0.15, 0.2) is 0 Å². The van der Waals surface area contributed by atoms with Gasteiger partial charge in [0, 0.05) is 0 Å². The van der Waals surface area contributed by atoms with E-state index < -0.39 is 0 Å². The lowest BCUT2D eigenvalue weighted by Gasteiger charge is -2.20. The van der Waals surface area contributed by atoms with Gasteiger partial charge in [-0.05, 0) is 18.3 Å². The molecular formula is C16H34. The largest absolute Gasteiger partial charge is 0.0654 e. The van der Waals surface area contributed by atoms with Crippen LogP contribution in [0.4, 0.5) is 0 Å². The summed E-state index contributed by atoms with van der Waals surface area (Å²) >= 11 is 0. The third-order valence-electron chi connectivity index (χ3n) is 3.72. The van der Waals surface area contributed by atoms with Crippen LogP contribution in [-0.4, -0.2) is 0 Å². The lowest BCUT2D eigenvalue weighted by molar-refractivity contribution is 0.320. The van der Waals surface area contributed by atoms with Crippen molar-refractivity contribution in [2.45, 2.75) is 91.9 Å². The molecule has 0 spiro atoms. The second-order valence-corrected chi connectivity index (χ2v) is 5.63. The third kappa shape index (κ3) is 9.24. The van der Waals surface area contributed by atoms with E-state index in [0.29, 0.717) is 0 Å². The maximum absolute atomic E-state index is 2.46. The molecule has 16 heavy (non-hydrogen) atoms. The lowest BCUT2D eigenvalue weighted by Crippen LogP contribution is -2.07. The molecule has 0 aromatic carbocycles. The van der Waals surface area contributed by atoms with E-state index in [4.69, 9.17) is 0 Å². The van der Waals surface area contributed by atoms with Crippen LogP contribution < -0.4 is 0 Å². The van der Waals surface area contributed by atoms with Crippen molar-refractivity contribution in [2.24, 2.45) is 11.8 Å². The Morgan fingerprint density at radius 2 is 1.12 bits per heavy atom. The highest BCUT2D eigenvalue weighted by atomic mass is 14.2. The zero-order chi connectivity index (χ0) is 12.2. The monoisotopic (exact) mass is 226 g/mol. The van der Waals surface area contributed by atoms with Crippen LogP contribution in [0, 0.1) is 11.8 Å². The van der Waals surface area contributed by atoms with Crippen molar-refractivity contribution in [1.82, 2.24) is 0 Å². The van der Waals surface area contributed by atoms with Gasteiger partial charge in [-0.1, -0.05) is 85.5 Å². The summed E-state index contributed by atoms with van der Waals surface area (Å²) in [5.41, 5.74) is 0. The van der Waals surface area contributed by atoms with E-state index >= 15 is 0 Å². The van der Waals surface area contributed by atoms with Crippen molar-refractivity contribution in [3.63, 3.8) is 0 Å². The van der Waals surface area contributed by atoms with Gasteiger partial charge in [0.2, 0.25) is 0 Å². The molecule has 1 unspecified atom stereocenters. The average molecular weight is 226 g/mol. The number of unbranched alkanes of at least 4 members (excludes halogenated alkanes) is 3. The summed E-state index contributed by atoms with van der Waals surface area (Å²) in [7, 11) is 0. The Hall–Kier alpha value is 0. The van der Waals surface area contributed by atoms with Gasteiger partial charge in [0.05, 0.1) is 0 Å². The van der Waals surface area contributed by atoms with Gasteiger partial charge in [-0.3, -0.25) is 0 Å². The molecule has 0 rings (SSSR count). The van der Waals surface area contributed by atoms with Gasteiger partial charge in [0.1, 0.15) is 0 Å². The quantitative estimate of drug-likeness (QED) is 0.393. The molecule has 0 heteroatoms. The molecule has 0 radical (unpaired) electrons. The van der Waals surface area contributed by atoms with Gasteiger partial charge in [0.15, 0.2) is 0 Å². The van der Waals surface area contributed by atoms with Gasteiger partial charge in [0.25, 0.3) is 0 Å². The van der Waals surface area contributed by atoms with Crippen LogP contribution >= 0.6 is 0 Å². The molecule has 0 aromatic rings. The third-order valence-corrected chi connectivity index (χ3v) is 3.72. The summed E-state index contributed by atoms with van der Waals surface area (Å²) in [4.78, 5) is 0. The molecule has 0 bridgehead atoms. The second kappa shape index (κ2) is 11.5. The van der Waals surface area contributed by atoms with E-state index in [1.807, 2.05) is 0 Å². The molecular weight excluding hydrogens is 192 g/mol. The summed E-state index contributed by atoms with van der Waals surface area (Å²) in [6, 6.07) is 0. The van der Waals surface area contributed by atoms with Crippen molar-refractivity contribution in [3.8, 4) is 0 Å². The van der Waals surface area contributed by atoms with Crippen LogP contribution in [0.2, 0.25) is 0 Å². The number of hydrogen-bond donors (Lipinski definition) is 0. The zero-order valence-corrected chi connectivity index (χ0v) is 12.2. The van der Waals surface area contributed by atoms with Crippen molar-refractivity contribution in [1.29, 1.82) is 0 Å². The Labute approximate surface area is 104 Å². The number of hydrogen-bond acceptors (Lipinski definition) is 0. The van der Waals surface area contributed by atoms with Gasteiger partial charge in [-0.15, -0.1) is 0 Å². The Balaban J connectivity index is 3.78. The van der Waals surface area contributed by atoms with E-state index in [1.54, 1.807) is 0 Å². The van der Waals surface area contributed by atoms with Gasteiger partial charge < -0.3 is 0 Å². The smallest absolute Gasteiger partial charge is 0.0412 e. The molecule has 0 aromatic heterocycles. The molecule has 0 amide bonds. The number of rotatable bonds is 11. The predicted molar refractivity (Wildman–Crippen MR) is 75.8 cm³/mol. The standard InChI is InChI=1S/C16H34/c1-5-8-11-15(4)14-16(12-9-6-2)13-10-7-3/h15-16H,5-14H2,1-4H3. The molecule has 0 fully saturated rings. The minimum absolute atomic E-state index is 0.957. The summed E-state index contributed by atoms with van der Waals surface area (Å²) in [6.07, 6.45) is 14.3. The van der Waals surface area contributed by atoms with Crippen LogP contribution in [-0.2, 0) is 0 Å². The van der Waals surface area contributed by atoms with E-state index in [0.717, 1.165) is 11.8 Å². The fraction of sp³-hybridized carbons (Fsp3) is 1.00. The topological polar surface area (TPSA) is 0 Å². The second-order valence-electron chi connectivity index (χ2n) is 5.63. The van der Waals surface area contributed by atoms with E-state index in [9.17, 15) is 0 Å². The fourth-order valence-electron chi connectivity index (χ4n) is 2.61. The Kier molecular flexibility index (Phi) is 11.5. The molecule has 0 N–H and O–H groups in total. The molecule has 0 aliphatic heterocycles. The van der Waals surface area contributed by atoms with Crippen LogP contribution in [0.5, 0.6) is 0 Å². The van der Waals surface area contributed by atoms with Crippen molar-refractivity contribution < 1.29 is 0 Å². The minimum atomic E-state index is 0.957. The normalized spacial score (nSPS) is 13.3. The molecule has 0 aliphatic carbocycles. The highest BCUT2D eigenvalue weighted by molar-refractivity contribution is 4.64. The SMILES string of the molecule is CCCCC(C)CC(CCCC)CCCC. The average Bonchev–Trinajstić information content (AvgIpc) is 2.30.